The Morgan fingerprint density at radius 1 is 1.12 bits per heavy atom. The summed E-state index contributed by atoms with van der Waals surface area (Å²) in [6.45, 7) is 4.40. The van der Waals surface area contributed by atoms with Crippen molar-refractivity contribution < 1.29 is 17.9 Å². The van der Waals surface area contributed by atoms with Gasteiger partial charge >= 0.3 is 0 Å². The van der Waals surface area contributed by atoms with E-state index in [0.29, 0.717) is 43.1 Å². The summed E-state index contributed by atoms with van der Waals surface area (Å²) in [6, 6.07) is 7.64. The van der Waals surface area contributed by atoms with Crippen molar-refractivity contribution in [2.45, 2.75) is 19.5 Å². The third-order valence-corrected chi connectivity index (χ3v) is 8.60. The predicted molar refractivity (Wildman–Crippen MR) is 132 cm³/mol. The van der Waals surface area contributed by atoms with Crippen LogP contribution in [0.2, 0.25) is 0 Å². The number of methoxy groups -OCH3 is 2. The first-order valence-electron chi connectivity index (χ1n) is 10.7. The van der Waals surface area contributed by atoms with E-state index in [1.807, 2.05) is 37.4 Å². The molecule has 0 bridgehead atoms. The zero-order valence-electron chi connectivity index (χ0n) is 19.5. The van der Waals surface area contributed by atoms with Gasteiger partial charge in [-0.2, -0.15) is 4.31 Å². The Labute approximate surface area is 198 Å². The maximum absolute atomic E-state index is 12.9. The fraction of sp³-hybridized carbons (Fsp3) is 0.435. The molecule has 10 heteroatoms. The molecule has 2 aromatic heterocycles. The molecule has 4 rings (SSSR count). The number of rotatable bonds is 6. The standard InChI is InChI=1S/C23H29N3O5S2/c1-15-12-25(8-9-26(15)33(5,28)29)13-17-11-18-22(32-17)19(14-24(2)23(18)27)16-6-7-20(30-3)21(10-16)31-4/h6-7,10-11,14-15H,8-9,12-13H2,1-5H3/t15-/m0/s1. The Hall–Kier alpha value is -2.40. The number of aromatic nitrogens is 1. The van der Waals surface area contributed by atoms with Crippen molar-refractivity contribution in [3.8, 4) is 22.6 Å². The molecule has 178 valence electrons. The van der Waals surface area contributed by atoms with Crippen LogP contribution in [0.5, 0.6) is 11.5 Å². The minimum Gasteiger partial charge on any atom is -0.493 e. The summed E-state index contributed by atoms with van der Waals surface area (Å²) < 4.78 is 38.9. The van der Waals surface area contributed by atoms with Crippen LogP contribution < -0.4 is 15.0 Å². The van der Waals surface area contributed by atoms with Crippen molar-refractivity contribution in [2.24, 2.45) is 7.05 Å². The largest absolute Gasteiger partial charge is 0.493 e. The Bertz CT molecular complexity index is 1350. The second-order valence-electron chi connectivity index (χ2n) is 8.44. The van der Waals surface area contributed by atoms with E-state index in [0.717, 1.165) is 20.7 Å². The highest BCUT2D eigenvalue weighted by atomic mass is 32.2. The first kappa shape index (κ1) is 23.7. The number of sulfonamides is 1. The monoisotopic (exact) mass is 491 g/mol. The highest BCUT2D eigenvalue weighted by Gasteiger charge is 2.30. The maximum Gasteiger partial charge on any atom is 0.259 e. The Morgan fingerprint density at radius 3 is 2.48 bits per heavy atom. The highest BCUT2D eigenvalue weighted by molar-refractivity contribution is 7.88. The van der Waals surface area contributed by atoms with E-state index in [1.54, 1.807) is 41.5 Å². The number of aryl methyl sites for hydroxylation is 1. The third-order valence-electron chi connectivity index (χ3n) is 6.05. The van der Waals surface area contributed by atoms with E-state index < -0.39 is 10.0 Å². The summed E-state index contributed by atoms with van der Waals surface area (Å²) in [7, 11) is 1.76. The Balaban J connectivity index is 1.68. The number of ether oxygens (including phenoxy) is 2. The van der Waals surface area contributed by atoms with Crippen LogP contribution in [0.3, 0.4) is 0 Å². The zero-order valence-corrected chi connectivity index (χ0v) is 21.1. The first-order chi connectivity index (χ1) is 15.6. The van der Waals surface area contributed by atoms with Gasteiger partial charge < -0.3 is 14.0 Å². The Kier molecular flexibility index (Phi) is 6.54. The molecule has 1 aliphatic rings. The van der Waals surface area contributed by atoms with E-state index >= 15 is 0 Å². The van der Waals surface area contributed by atoms with Crippen LogP contribution in [0, 0.1) is 0 Å². The van der Waals surface area contributed by atoms with Gasteiger partial charge in [0.25, 0.3) is 5.56 Å². The fourth-order valence-electron chi connectivity index (χ4n) is 4.46. The van der Waals surface area contributed by atoms with Gasteiger partial charge in [-0.15, -0.1) is 11.3 Å². The molecule has 0 N–H and O–H groups in total. The molecule has 1 aliphatic heterocycles. The summed E-state index contributed by atoms with van der Waals surface area (Å²) in [5.74, 6) is 1.28. The van der Waals surface area contributed by atoms with Gasteiger partial charge in [0.1, 0.15) is 0 Å². The van der Waals surface area contributed by atoms with Crippen molar-refractivity contribution in [3.05, 3.63) is 45.7 Å². The van der Waals surface area contributed by atoms with Crippen LogP contribution in [0.1, 0.15) is 11.8 Å². The van der Waals surface area contributed by atoms with Crippen LogP contribution in [-0.4, -0.2) is 68.3 Å². The van der Waals surface area contributed by atoms with Gasteiger partial charge in [-0.1, -0.05) is 6.07 Å². The van der Waals surface area contributed by atoms with Gasteiger partial charge in [-0.05, 0) is 30.7 Å². The lowest BCUT2D eigenvalue weighted by atomic mass is 10.1. The van der Waals surface area contributed by atoms with Gasteiger partial charge in [0.2, 0.25) is 10.0 Å². The van der Waals surface area contributed by atoms with Crippen LogP contribution in [-0.2, 0) is 23.6 Å². The fourth-order valence-corrected chi connectivity index (χ4v) is 6.82. The number of hydrogen-bond donors (Lipinski definition) is 0. The predicted octanol–water partition coefficient (Wildman–Crippen LogP) is 2.75. The van der Waals surface area contributed by atoms with Crippen molar-refractivity contribution in [1.82, 2.24) is 13.8 Å². The topological polar surface area (TPSA) is 81.1 Å². The number of benzene rings is 1. The molecule has 0 amide bonds. The zero-order chi connectivity index (χ0) is 23.9. The van der Waals surface area contributed by atoms with Crippen LogP contribution >= 0.6 is 11.3 Å². The third kappa shape index (κ3) is 4.65. The number of thiophene rings is 1. The molecule has 8 nitrogen and oxygen atoms in total. The van der Waals surface area contributed by atoms with Gasteiger partial charge in [0, 0.05) is 60.6 Å². The number of pyridine rings is 1. The molecule has 0 unspecified atom stereocenters. The molecule has 0 spiro atoms. The lowest BCUT2D eigenvalue weighted by molar-refractivity contribution is 0.139. The van der Waals surface area contributed by atoms with Gasteiger partial charge in [0.05, 0.1) is 25.9 Å². The number of nitrogens with zero attached hydrogens (tertiary/aromatic N) is 3. The molecule has 1 aromatic carbocycles. The molecule has 0 radical (unpaired) electrons. The van der Waals surface area contributed by atoms with Crippen molar-refractivity contribution in [3.63, 3.8) is 0 Å². The number of hydrogen-bond acceptors (Lipinski definition) is 7. The maximum atomic E-state index is 12.9. The number of fused-ring (bicyclic) bond motifs is 1. The van der Waals surface area contributed by atoms with E-state index in [-0.39, 0.29) is 11.6 Å². The second-order valence-corrected chi connectivity index (χ2v) is 11.5. The van der Waals surface area contributed by atoms with E-state index in [9.17, 15) is 13.2 Å². The molecule has 3 aromatic rings. The molecule has 0 saturated carbocycles. The molecule has 1 saturated heterocycles. The smallest absolute Gasteiger partial charge is 0.259 e. The quantitative estimate of drug-likeness (QED) is 0.528. The lowest BCUT2D eigenvalue weighted by Crippen LogP contribution is -2.53. The van der Waals surface area contributed by atoms with Crippen LogP contribution in [0.4, 0.5) is 0 Å². The minimum absolute atomic E-state index is 0.0352. The molecular formula is C23H29N3O5S2. The van der Waals surface area contributed by atoms with Gasteiger partial charge in [-0.25, -0.2) is 8.42 Å². The van der Waals surface area contributed by atoms with Gasteiger partial charge in [0.15, 0.2) is 11.5 Å². The van der Waals surface area contributed by atoms with Crippen molar-refractivity contribution in [1.29, 1.82) is 0 Å². The van der Waals surface area contributed by atoms with Crippen molar-refractivity contribution in [2.75, 3.05) is 40.1 Å². The normalized spacial score (nSPS) is 18.0. The molecule has 33 heavy (non-hydrogen) atoms. The van der Waals surface area contributed by atoms with E-state index in [4.69, 9.17) is 9.47 Å². The van der Waals surface area contributed by atoms with E-state index in [1.165, 1.54) is 6.26 Å². The second kappa shape index (κ2) is 9.09. The molecular weight excluding hydrogens is 462 g/mol. The average molecular weight is 492 g/mol. The van der Waals surface area contributed by atoms with Crippen molar-refractivity contribution >= 4 is 31.4 Å². The SMILES string of the molecule is COc1ccc(-c2cn(C)c(=O)c3cc(CN4CCN(S(C)(=O)=O)[C@@H](C)C4)sc23)cc1OC. The average Bonchev–Trinajstić information content (AvgIpc) is 3.18. The first-order valence-corrected chi connectivity index (χ1v) is 13.3. The molecule has 1 fully saturated rings. The summed E-state index contributed by atoms with van der Waals surface area (Å²) in [6.07, 6.45) is 3.12. The molecule has 0 aliphatic carbocycles. The van der Waals surface area contributed by atoms with Crippen LogP contribution in [0.25, 0.3) is 21.2 Å². The van der Waals surface area contributed by atoms with Gasteiger partial charge in [-0.3, -0.25) is 9.69 Å². The Morgan fingerprint density at radius 2 is 1.85 bits per heavy atom. The summed E-state index contributed by atoms with van der Waals surface area (Å²) in [4.78, 5) is 16.2. The molecule has 1 atom stereocenters. The highest BCUT2D eigenvalue weighted by Crippen LogP contribution is 2.37. The summed E-state index contributed by atoms with van der Waals surface area (Å²) in [5.41, 5.74) is 1.86. The van der Waals surface area contributed by atoms with Crippen LogP contribution in [0.15, 0.2) is 35.3 Å². The summed E-state index contributed by atoms with van der Waals surface area (Å²) >= 11 is 1.61. The number of piperazine rings is 1. The molecule has 3 heterocycles. The van der Waals surface area contributed by atoms with E-state index in [2.05, 4.69) is 4.90 Å². The summed E-state index contributed by atoms with van der Waals surface area (Å²) in [5, 5.41) is 0.688. The lowest BCUT2D eigenvalue weighted by Gasteiger charge is -2.38. The minimum atomic E-state index is -3.20.